The molecule has 0 spiro atoms. The smallest absolute Gasteiger partial charge is 0.256 e. The van der Waals surface area contributed by atoms with E-state index in [4.69, 9.17) is 4.74 Å². The first-order valence-corrected chi connectivity index (χ1v) is 6.79. The zero-order chi connectivity index (χ0) is 15.4. The van der Waals surface area contributed by atoms with Crippen LogP contribution in [0.3, 0.4) is 0 Å². The normalized spacial score (nSPS) is 18.7. The molecule has 1 aromatic heterocycles. The molecule has 2 heterocycles. The Labute approximate surface area is 122 Å². The molecule has 1 aromatic rings. The van der Waals surface area contributed by atoms with Crippen LogP contribution in [0.25, 0.3) is 0 Å². The second-order valence-electron chi connectivity index (χ2n) is 5.12. The maximum absolute atomic E-state index is 12.8. The summed E-state index contributed by atoms with van der Waals surface area (Å²) in [4.78, 5) is 29.5. The number of carbonyl (C=O) groups excluding carboxylic acids is 2. The molecule has 0 radical (unpaired) electrons. The summed E-state index contributed by atoms with van der Waals surface area (Å²) in [6.45, 7) is 4.52. The molecular weight excluding hydrogens is 277 g/mol. The largest absolute Gasteiger partial charge is 0.377 e. The Morgan fingerprint density at radius 1 is 1.48 bits per heavy atom. The fourth-order valence-corrected chi connectivity index (χ4v) is 2.11. The monoisotopic (exact) mass is 295 g/mol. The Morgan fingerprint density at radius 3 is 2.86 bits per heavy atom. The highest BCUT2D eigenvalue weighted by atomic mass is 19.1. The number of amides is 2. The van der Waals surface area contributed by atoms with Crippen LogP contribution in [0.5, 0.6) is 0 Å². The van der Waals surface area contributed by atoms with Crippen LogP contribution in [0, 0.1) is 5.95 Å². The van der Waals surface area contributed by atoms with Gasteiger partial charge in [0, 0.05) is 18.8 Å². The van der Waals surface area contributed by atoms with Gasteiger partial charge in [0.2, 0.25) is 11.9 Å². The Hall–Kier alpha value is -2.02. The number of morpholine rings is 1. The van der Waals surface area contributed by atoms with E-state index in [1.807, 2.05) is 13.8 Å². The molecule has 0 aromatic carbocycles. The first kappa shape index (κ1) is 15.4. The van der Waals surface area contributed by atoms with E-state index in [1.165, 1.54) is 17.2 Å². The maximum Gasteiger partial charge on any atom is 0.256 e. The summed E-state index contributed by atoms with van der Waals surface area (Å²) in [5, 5.41) is 2.77. The van der Waals surface area contributed by atoms with Gasteiger partial charge in [-0.25, -0.2) is 4.98 Å². The van der Waals surface area contributed by atoms with E-state index in [0.29, 0.717) is 13.2 Å². The molecule has 114 valence electrons. The summed E-state index contributed by atoms with van der Waals surface area (Å²) in [5.74, 6) is -1.26. The van der Waals surface area contributed by atoms with Gasteiger partial charge >= 0.3 is 0 Å². The van der Waals surface area contributed by atoms with Gasteiger partial charge in [0.05, 0.1) is 18.8 Å². The van der Waals surface area contributed by atoms with E-state index in [2.05, 4.69) is 10.3 Å². The van der Waals surface area contributed by atoms with Crippen molar-refractivity contribution in [2.45, 2.75) is 25.9 Å². The van der Waals surface area contributed by atoms with Gasteiger partial charge in [0.15, 0.2) is 0 Å². The lowest BCUT2D eigenvalue weighted by Gasteiger charge is -2.35. The van der Waals surface area contributed by atoms with Crippen LogP contribution < -0.4 is 5.32 Å². The Bertz CT molecular complexity index is 519. The summed E-state index contributed by atoms with van der Waals surface area (Å²) < 4.78 is 18.1. The van der Waals surface area contributed by atoms with E-state index in [9.17, 15) is 14.0 Å². The summed E-state index contributed by atoms with van der Waals surface area (Å²) >= 11 is 0. The number of carbonyl (C=O) groups is 2. The van der Waals surface area contributed by atoms with Gasteiger partial charge in [-0.05, 0) is 26.0 Å². The van der Waals surface area contributed by atoms with Gasteiger partial charge < -0.3 is 15.0 Å². The Kier molecular flexibility index (Phi) is 4.85. The Balaban J connectivity index is 2.16. The lowest BCUT2D eigenvalue weighted by atomic mass is 10.1. The van der Waals surface area contributed by atoms with Crippen molar-refractivity contribution < 1.29 is 18.7 Å². The molecular formula is C14H18FN3O3. The number of rotatable bonds is 3. The summed E-state index contributed by atoms with van der Waals surface area (Å²) in [6.07, 6.45) is 1.17. The fourth-order valence-electron chi connectivity index (χ4n) is 2.11. The minimum absolute atomic E-state index is 0.0242. The zero-order valence-electron chi connectivity index (χ0n) is 12.0. The van der Waals surface area contributed by atoms with Crippen molar-refractivity contribution in [2.24, 2.45) is 0 Å². The third-order valence-electron chi connectivity index (χ3n) is 3.10. The molecule has 2 amide bonds. The minimum Gasteiger partial charge on any atom is -0.377 e. The molecule has 1 atom stereocenters. The van der Waals surface area contributed by atoms with Crippen LogP contribution in [-0.4, -0.2) is 53.5 Å². The molecule has 1 unspecified atom stereocenters. The summed E-state index contributed by atoms with van der Waals surface area (Å²) in [6, 6.07) is 1.77. The number of ether oxygens (including phenoxy) is 1. The molecule has 0 aliphatic carbocycles. The molecule has 0 bridgehead atoms. The molecule has 1 aliphatic heterocycles. The van der Waals surface area contributed by atoms with E-state index >= 15 is 0 Å². The van der Waals surface area contributed by atoms with Crippen molar-refractivity contribution in [3.63, 3.8) is 0 Å². The highest BCUT2D eigenvalue weighted by molar-refractivity contribution is 5.97. The van der Waals surface area contributed by atoms with Gasteiger partial charge in [0.25, 0.3) is 5.91 Å². The van der Waals surface area contributed by atoms with Gasteiger partial charge in [-0.15, -0.1) is 0 Å². The summed E-state index contributed by atoms with van der Waals surface area (Å²) in [5.41, 5.74) is 0.251. The predicted octanol–water partition coefficient (Wildman–Crippen LogP) is 0.586. The molecule has 1 fully saturated rings. The van der Waals surface area contributed by atoms with Crippen LogP contribution in [0.15, 0.2) is 18.3 Å². The molecule has 1 saturated heterocycles. The second kappa shape index (κ2) is 6.62. The number of hydrogen-bond donors (Lipinski definition) is 1. The van der Waals surface area contributed by atoms with Crippen molar-refractivity contribution in [1.82, 2.24) is 15.2 Å². The van der Waals surface area contributed by atoms with Crippen molar-refractivity contribution in [3.8, 4) is 0 Å². The molecule has 7 heteroatoms. The average Bonchev–Trinajstić information content (AvgIpc) is 2.46. The number of hydrogen-bond acceptors (Lipinski definition) is 4. The van der Waals surface area contributed by atoms with E-state index < -0.39 is 12.0 Å². The highest BCUT2D eigenvalue weighted by Gasteiger charge is 2.33. The van der Waals surface area contributed by atoms with Crippen molar-refractivity contribution in [2.75, 3.05) is 19.8 Å². The summed E-state index contributed by atoms with van der Waals surface area (Å²) in [7, 11) is 0. The third-order valence-corrected chi connectivity index (χ3v) is 3.10. The third kappa shape index (κ3) is 3.75. The molecule has 2 rings (SSSR count). The van der Waals surface area contributed by atoms with Gasteiger partial charge in [-0.3, -0.25) is 9.59 Å². The van der Waals surface area contributed by atoms with Crippen molar-refractivity contribution in [1.29, 1.82) is 0 Å². The van der Waals surface area contributed by atoms with Crippen LogP contribution in [0.1, 0.15) is 24.2 Å². The van der Waals surface area contributed by atoms with Crippen molar-refractivity contribution >= 4 is 11.8 Å². The number of nitrogens with one attached hydrogen (secondary N) is 1. The van der Waals surface area contributed by atoms with Crippen LogP contribution in [0.4, 0.5) is 4.39 Å². The Morgan fingerprint density at radius 2 is 2.24 bits per heavy atom. The molecule has 0 saturated carbocycles. The van der Waals surface area contributed by atoms with E-state index in [1.54, 1.807) is 0 Å². The van der Waals surface area contributed by atoms with Crippen LogP contribution >= 0.6 is 0 Å². The molecule has 1 N–H and O–H groups in total. The number of nitrogens with zero attached hydrogens (tertiary/aromatic N) is 2. The van der Waals surface area contributed by atoms with Gasteiger partial charge in [-0.2, -0.15) is 4.39 Å². The topological polar surface area (TPSA) is 71.5 Å². The quantitative estimate of drug-likeness (QED) is 0.828. The number of pyridine rings is 1. The zero-order valence-corrected chi connectivity index (χ0v) is 12.0. The molecule has 6 nitrogen and oxygen atoms in total. The van der Waals surface area contributed by atoms with Gasteiger partial charge in [-0.1, -0.05) is 0 Å². The number of halogens is 1. The molecule has 1 aliphatic rings. The first-order valence-electron chi connectivity index (χ1n) is 6.79. The second-order valence-corrected chi connectivity index (χ2v) is 5.12. The maximum atomic E-state index is 12.8. The standard InChI is InChI=1S/C14H18FN3O3/c1-9(2)17-13(19)11-8-21-6-5-18(11)14(20)10-3-4-12(15)16-7-10/h3-4,7,9,11H,5-6,8H2,1-2H3,(H,17,19). The minimum atomic E-state index is -0.682. The highest BCUT2D eigenvalue weighted by Crippen LogP contribution is 2.13. The fraction of sp³-hybridized carbons (Fsp3) is 0.500. The van der Waals surface area contributed by atoms with Crippen molar-refractivity contribution in [3.05, 3.63) is 29.8 Å². The van der Waals surface area contributed by atoms with E-state index in [-0.39, 0.29) is 30.0 Å². The van der Waals surface area contributed by atoms with Crippen LogP contribution in [-0.2, 0) is 9.53 Å². The number of aromatic nitrogens is 1. The lowest BCUT2D eigenvalue weighted by molar-refractivity contribution is -0.131. The van der Waals surface area contributed by atoms with Crippen LogP contribution in [0.2, 0.25) is 0 Å². The van der Waals surface area contributed by atoms with E-state index in [0.717, 1.165) is 6.07 Å². The average molecular weight is 295 g/mol. The molecule has 21 heavy (non-hydrogen) atoms. The predicted molar refractivity (Wildman–Crippen MR) is 73.1 cm³/mol. The van der Waals surface area contributed by atoms with Gasteiger partial charge in [0.1, 0.15) is 6.04 Å². The lowest BCUT2D eigenvalue weighted by Crippen LogP contribution is -2.56. The first-order chi connectivity index (χ1) is 9.99. The SMILES string of the molecule is CC(C)NC(=O)C1COCCN1C(=O)c1ccc(F)nc1.